The van der Waals surface area contributed by atoms with Crippen molar-refractivity contribution in [2.75, 3.05) is 0 Å². The fourth-order valence-corrected chi connectivity index (χ4v) is 3.48. The summed E-state index contributed by atoms with van der Waals surface area (Å²) in [6.07, 6.45) is 0. The number of thiazole rings is 1. The quantitative estimate of drug-likeness (QED) is 0.577. The van der Waals surface area contributed by atoms with Crippen LogP contribution in [0, 0.1) is 0 Å². The SMILES string of the molecule is Cn1/c(=N/NC(=O)Cn2nnc3ccccc32)sc2ccccc21. The molecule has 7 nitrogen and oxygen atoms in total. The van der Waals surface area contributed by atoms with E-state index in [2.05, 4.69) is 20.8 Å². The normalized spacial score (nSPS) is 12.1. The Kier molecular flexibility index (Phi) is 3.58. The van der Waals surface area contributed by atoms with Gasteiger partial charge in [-0.05, 0) is 24.3 Å². The monoisotopic (exact) mass is 338 g/mol. The van der Waals surface area contributed by atoms with Crippen LogP contribution in [-0.2, 0) is 18.4 Å². The molecule has 0 unspecified atom stereocenters. The lowest BCUT2D eigenvalue weighted by atomic mass is 10.3. The molecule has 24 heavy (non-hydrogen) atoms. The molecule has 1 amide bonds. The minimum absolute atomic E-state index is 0.0681. The second-order valence-electron chi connectivity index (χ2n) is 5.29. The third-order valence-electron chi connectivity index (χ3n) is 3.70. The van der Waals surface area contributed by atoms with Gasteiger partial charge in [0.25, 0.3) is 5.91 Å². The molecule has 8 heteroatoms. The van der Waals surface area contributed by atoms with Gasteiger partial charge < -0.3 is 4.57 Å². The van der Waals surface area contributed by atoms with Crippen molar-refractivity contribution in [3.8, 4) is 0 Å². The molecule has 0 bridgehead atoms. The summed E-state index contributed by atoms with van der Waals surface area (Å²) in [5.74, 6) is -0.247. The summed E-state index contributed by atoms with van der Waals surface area (Å²) >= 11 is 1.52. The molecule has 4 rings (SSSR count). The number of amides is 1. The zero-order valence-electron chi connectivity index (χ0n) is 12.9. The summed E-state index contributed by atoms with van der Waals surface area (Å²) in [6.45, 7) is 0.0681. The molecule has 2 aromatic carbocycles. The lowest BCUT2D eigenvalue weighted by Crippen LogP contribution is -2.27. The number of para-hydroxylation sites is 2. The molecule has 4 aromatic rings. The molecule has 1 N–H and O–H groups in total. The second kappa shape index (κ2) is 5.89. The fraction of sp³-hybridized carbons (Fsp3) is 0.125. The molecule has 0 atom stereocenters. The highest BCUT2D eigenvalue weighted by atomic mass is 32.1. The number of benzene rings is 2. The summed E-state index contributed by atoms with van der Waals surface area (Å²) < 4.78 is 4.63. The Balaban J connectivity index is 1.56. The number of aryl methyl sites for hydroxylation is 1. The predicted octanol–water partition coefficient (Wildman–Crippen LogP) is 1.62. The van der Waals surface area contributed by atoms with Gasteiger partial charge >= 0.3 is 0 Å². The van der Waals surface area contributed by atoms with Gasteiger partial charge in [0.1, 0.15) is 12.1 Å². The number of rotatable bonds is 3. The Hall–Kier alpha value is -3.00. The molecule has 120 valence electrons. The molecule has 0 saturated heterocycles. The first-order valence-electron chi connectivity index (χ1n) is 7.38. The second-order valence-corrected chi connectivity index (χ2v) is 6.30. The Morgan fingerprint density at radius 3 is 2.75 bits per heavy atom. The number of aromatic nitrogens is 4. The van der Waals surface area contributed by atoms with Crippen LogP contribution in [0.15, 0.2) is 53.6 Å². The van der Waals surface area contributed by atoms with Crippen molar-refractivity contribution in [3.05, 3.63) is 53.3 Å². The average molecular weight is 338 g/mol. The van der Waals surface area contributed by atoms with E-state index in [1.54, 1.807) is 4.68 Å². The van der Waals surface area contributed by atoms with Gasteiger partial charge in [-0.25, -0.2) is 10.1 Å². The van der Waals surface area contributed by atoms with Crippen molar-refractivity contribution in [3.63, 3.8) is 0 Å². The van der Waals surface area contributed by atoms with Crippen molar-refractivity contribution in [2.24, 2.45) is 12.1 Å². The first-order valence-corrected chi connectivity index (χ1v) is 8.19. The molecule has 0 fully saturated rings. The van der Waals surface area contributed by atoms with E-state index in [0.29, 0.717) is 0 Å². The van der Waals surface area contributed by atoms with Gasteiger partial charge in [0, 0.05) is 7.05 Å². The maximum atomic E-state index is 12.2. The van der Waals surface area contributed by atoms with Gasteiger partial charge in [0.15, 0.2) is 0 Å². The van der Waals surface area contributed by atoms with Gasteiger partial charge in [-0.3, -0.25) is 4.79 Å². The zero-order valence-corrected chi connectivity index (χ0v) is 13.7. The summed E-state index contributed by atoms with van der Waals surface area (Å²) in [4.78, 5) is 12.9. The highest BCUT2D eigenvalue weighted by Gasteiger charge is 2.08. The van der Waals surface area contributed by atoms with E-state index < -0.39 is 0 Å². The van der Waals surface area contributed by atoms with Crippen LogP contribution in [0.1, 0.15) is 0 Å². The Morgan fingerprint density at radius 2 is 1.92 bits per heavy atom. The van der Waals surface area contributed by atoms with Crippen LogP contribution in [-0.4, -0.2) is 25.5 Å². The van der Waals surface area contributed by atoms with Crippen molar-refractivity contribution in [2.45, 2.75) is 6.54 Å². The minimum Gasteiger partial charge on any atom is -0.318 e. The average Bonchev–Trinajstić information content (AvgIpc) is 3.15. The van der Waals surface area contributed by atoms with E-state index in [0.717, 1.165) is 26.1 Å². The van der Waals surface area contributed by atoms with Crippen LogP contribution < -0.4 is 10.2 Å². The van der Waals surface area contributed by atoms with Gasteiger partial charge in [-0.15, -0.1) is 10.2 Å². The molecule has 0 radical (unpaired) electrons. The Morgan fingerprint density at radius 1 is 1.17 bits per heavy atom. The number of nitrogens with one attached hydrogen (secondary N) is 1. The predicted molar refractivity (Wildman–Crippen MR) is 92.0 cm³/mol. The molecule has 0 aliphatic rings. The van der Waals surface area contributed by atoms with Gasteiger partial charge in [-0.1, -0.05) is 40.8 Å². The molecule has 0 aliphatic heterocycles. The minimum atomic E-state index is -0.247. The molecule has 2 aromatic heterocycles. The highest BCUT2D eigenvalue weighted by molar-refractivity contribution is 7.16. The smallest absolute Gasteiger partial charge is 0.261 e. The number of fused-ring (bicyclic) bond motifs is 2. The third kappa shape index (κ3) is 2.56. The maximum Gasteiger partial charge on any atom is 0.261 e. The van der Waals surface area contributed by atoms with Crippen LogP contribution in [0.3, 0.4) is 0 Å². The molecular weight excluding hydrogens is 324 g/mol. The van der Waals surface area contributed by atoms with Crippen molar-refractivity contribution in [1.29, 1.82) is 0 Å². The Labute approximate surface area is 140 Å². The van der Waals surface area contributed by atoms with Crippen molar-refractivity contribution < 1.29 is 4.79 Å². The first kappa shape index (κ1) is 14.6. The maximum absolute atomic E-state index is 12.2. The highest BCUT2D eigenvalue weighted by Crippen LogP contribution is 2.15. The van der Waals surface area contributed by atoms with Gasteiger partial charge in [0.2, 0.25) is 4.80 Å². The summed E-state index contributed by atoms with van der Waals surface area (Å²) in [6, 6.07) is 15.5. The van der Waals surface area contributed by atoms with E-state index in [9.17, 15) is 4.79 Å². The van der Waals surface area contributed by atoms with Gasteiger partial charge in [0.05, 0.1) is 15.7 Å². The number of hydrogen-bond acceptors (Lipinski definition) is 5. The lowest BCUT2D eigenvalue weighted by molar-refractivity contribution is -0.121. The number of carbonyl (C=O) groups excluding carboxylic acids is 1. The number of hydrogen-bond donors (Lipinski definition) is 1. The molecule has 2 heterocycles. The Bertz CT molecular complexity index is 1110. The van der Waals surface area contributed by atoms with E-state index in [1.165, 1.54) is 11.3 Å². The summed E-state index contributed by atoms with van der Waals surface area (Å²) in [5, 5.41) is 12.3. The standard InChI is InChI=1S/C16H14N6OS/c1-21-13-8-4-5-9-14(13)24-16(21)19-18-15(23)10-22-12-7-3-2-6-11(12)17-20-22/h2-9H,10H2,1H3,(H,18,23)/b19-16-. The zero-order chi connectivity index (χ0) is 16.5. The van der Waals surface area contributed by atoms with E-state index in [-0.39, 0.29) is 12.5 Å². The molecule has 0 aliphatic carbocycles. The lowest BCUT2D eigenvalue weighted by Gasteiger charge is -2.01. The van der Waals surface area contributed by atoms with Crippen molar-refractivity contribution >= 4 is 38.5 Å². The largest absolute Gasteiger partial charge is 0.318 e. The topological polar surface area (TPSA) is 77.1 Å². The van der Waals surface area contributed by atoms with Crippen LogP contribution in [0.4, 0.5) is 0 Å². The number of nitrogens with zero attached hydrogens (tertiary/aromatic N) is 5. The fourth-order valence-electron chi connectivity index (χ4n) is 2.50. The third-order valence-corrected chi connectivity index (χ3v) is 4.82. The van der Waals surface area contributed by atoms with E-state index in [1.807, 2.05) is 60.1 Å². The molecule has 0 spiro atoms. The summed E-state index contributed by atoms with van der Waals surface area (Å²) in [5.41, 5.74) is 5.25. The van der Waals surface area contributed by atoms with Crippen LogP contribution in [0.2, 0.25) is 0 Å². The first-order chi connectivity index (χ1) is 11.7. The molecule has 0 saturated carbocycles. The van der Waals surface area contributed by atoms with Gasteiger partial charge in [-0.2, -0.15) is 0 Å². The summed E-state index contributed by atoms with van der Waals surface area (Å²) in [7, 11) is 1.93. The molecular formula is C16H14N6OS. The van der Waals surface area contributed by atoms with Crippen LogP contribution >= 0.6 is 11.3 Å². The van der Waals surface area contributed by atoms with Crippen LogP contribution in [0.5, 0.6) is 0 Å². The van der Waals surface area contributed by atoms with Crippen molar-refractivity contribution in [1.82, 2.24) is 25.0 Å². The van der Waals surface area contributed by atoms with Crippen LogP contribution in [0.25, 0.3) is 21.3 Å². The number of carbonyl (C=O) groups is 1. The van der Waals surface area contributed by atoms with E-state index in [4.69, 9.17) is 0 Å². The van der Waals surface area contributed by atoms with E-state index >= 15 is 0 Å².